The van der Waals surface area contributed by atoms with Crippen molar-refractivity contribution in [2.45, 2.75) is 26.4 Å². The summed E-state index contributed by atoms with van der Waals surface area (Å²) < 4.78 is 5.26. The van der Waals surface area contributed by atoms with E-state index in [4.69, 9.17) is 4.74 Å². The number of aromatic nitrogens is 3. The Morgan fingerprint density at radius 1 is 1.12 bits per heavy atom. The van der Waals surface area contributed by atoms with Gasteiger partial charge in [-0.15, -0.1) is 0 Å². The minimum atomic E-state index is -0.563. The topological polar surface area (TPSA) is 79.9 Å². The van der Waals surface area contributed by atoms with Crippen molar-refractivity contribution in [1.29, 1.82) is 0 Å². The van der Waals surface area contributed by atoms with Crippen molar-refractivity contribution >= 4 is 11.9 Å². The van der Waals surface area contributed by atoms with Crippen molar-refractivity contribution in [3.05, 3.63) is 54.9 Å². The molecule has 0 radical (unpaired) electrons. The maximum atomic E-state index is 11.9. The van der Waals surface area contributed by atoms with Crippen LogP contribution in [-0.2, 0) is 4.74 Å². The lowest BCUT2D eigenvalue weighted by Gasteiger charge is -2.19. The van der Waals surface area contributed by atoms with Gasteiger partial charge in [-0.25, -0.2) is 9.78 Å². The van der Waals surface area contributed by atoms with E-state index in [9.17, 15) is 4.79 Å². The van der Waals surface area contributed by atoms with E-state index in [2.05, 4.69) is 20.5 Å². The summed E-state index contributed by atoms with van der Waals surface area (Å²) in [7, 11) is 0. The number of ether oxygens (including phenoxy) is 1. The van der Waals surface area contributed by atoms with E-state index in [0.29, 0.717) is 5.82 Å². The zero-order chi connectivity index (χ0) is 17.9. The molecule has 0 bridgehead atoms. The summed E-state index contributed by atoms with van der Waals surface area (Å²) in [5.74, 6) is 0.423. The third-order valence-corrected chi connectivity index (χ3v) is 3.40. The highest BCUT2D eigenvalue weighted by atomic mass is 16.6. The number of rotatable bonds is 3. The van der Waals surface area contributed by atoms with Gasteiger partial charge in [0.1, 0.15) is 11.4 Å². The second kappa shape index (κ2) is 6.76. The predicted octanol–water partition coefficient (Wildman–Crippen LogP) is 4.49. The first-order valence-electron chi connectivity index (χ1n) is 7.97. The van der Waals surface area contributed by atoms with E-state index in [-0.39, 0.29) is 0 Å². The Morgan fingerprint density at radius 2 is 1.88 bits per heavy atom. The van der Waals surface area contributed by atoms with Crippen molar-refractivity contribution in [2.75, 3.05) is 5.32 Å². The van der Waals surface area contributed by atoms with E-state index in [1.165, 1.54) is 0 Å². The molecule has 3 aromatic rings. The lowest BCUT2D eigenvalue weighted by Crippen LogP contribution is -2.27. The molecular formula is C19H20N4O2. The number of nitrogens with zero attached hydrogens (tertiary/aromatic N) is 2. The van der Waals surface area contributed by atoms with Gasteiger partial charge >= 0.3 is 6.09 Å². The molecule has 2 heterocycles. The molecule has 0 aliphatic heterocycles. The van der Waals surface area contributed by atoms with Crippen LogP contribution in [0.4, 0.5) is 10.6 Å². The fourth-order valence-electron chi connectivity index (χ4n) is 2.40. The highest BCUT2D eigenvalue weighted by molar-refractivity contribution is 5.86. The predicted molar refractivity (Wildman–Crippen MR) is 97.1 cm³/mol. The van der Waals surface area contributed by atoms with Gasteiger partial charge in [-0.05, 0) is 38.5 Å². The number of aromatic amines is 1. The molecule has 0 atom stereocenters. The minimum Gasteiger partial charge on any atom is -0.444 e. The number of carbonyl (C=O) groups is 1. The number of nitrogens with one attached hydrogen (secondary N) is 2. The normalized spacial score (nSPS) is 11.2. The summed E-state index contributed by atoms with van der Waals surface area (Å²) in [5.41, 5.74) is 3.21. The molecule has 0 unspecified atom stereocenters. The van der Waals surface area contributed by atoms with Crippen LogP contribution in [-0.4, -0.2) is 26.9 Å². The number of carbonyl (C=O) groups excluding carboxylic acids is 1. The third kappa shape index (κ3) is 4.23. The average molecular weight is 336 g/mol. The Kier molecular flexibility index (Phi) is 4.52. The van der Waals surface area contributed by atoms with Gasteiger partial charge in [-0.1, -0.05) is 30.3 Å². The van der Waals surface area contributed by atoms with E-state index in [0.717, 1.165) is 22.4 Å². The zero-order valence-electron chi connectivity index (χ0n) is 14.4. The van der Waals surface area contributed by atoms with Crippen molar-refractivity contribution in [2.24, 2.45) is 0 Å². The van der Waals surface area contributed by atoms with E-state index >= 15 is 0 Å². The van der Waals surface area contributed by atoms with E-state index < -0.39 is 11.7 Å². The van der Waals surface area contributed by atoms with E-state index in [1.807, 2.05) is 57.2 Å². The molecule has 2 N–H and O–H groups in total. The molecule has 6 nitrogen and oxygen atoms in total. The number of pyridine rings is 1. The summed E-state index contributed by atoms with van der Waals surface area (Å²) in [4.78, 5) is 16.1. The maximum absolute atomic E-state index is 11.9. The fraction of sp³-hybridized carbons (Fsp3) is 0.211. The second-order valence-corrected chi connectivity index (χ2v) is 6.58. The number of hydrogen-bond acceptors (Lipinski definition) is 4. The van der Waals surface area contributed by atoms with Crippen LogP contribution in [0.1, 0.15) is 20.8 Å². The van der Waals surface area contributed by atoms with Crippen molar-refractivity contribution in [3.8, 4) is 22.4 Å². The molecule has 0 aliphatic carbocycles. The van der Waals surface area contributed by atoms with Crippen LogP contribution in [0.3, 0.4) is 0 Å². The quantitative estimate of drug-likeness (QED) is 0.739. The number of benzene rings is 1. The number of amides is 1. The molecule has 1 amide bonds. The van der Waals surface area contributed by atoms with Gasteiger partial charge in [-0.2, -0.15) is 5.10 Å². The standard InChI is InChI=1S/C19H20N4O2/c1-19(2,3)25-18(24)22-16-11-14(9-10-20-16)15-12-21-23-17(15)13-7-5-4-6-8-13/h4-12H,1-3H3,(H,21,23)(H,20,22,24). The van der Waals surface area contributed by atoms with Crippen LogP contribution in [0.15, 0.2) is 54.9 Å². The van der Waals surface area contributed by atoms with Gasteiger partial charge in [0.15, 0.2) is 0 Å². The van der Waals surface area contributed by atoms with Crippen LogP contribution in [0, 0.1) is 0 Å². The zero-order valence-corrected chi connectivity index (χ0v) is 14.4. The molecule has 0 fully saturated rings. The van der Waals surface area contributed by atoms with Crippen LogP contribution < -0.4 is 5.32 Å². The Bertz CT molecular complexity index is 866. The van der Waals surface area contributed by atoms with Gasteiger partial charge in [0.2, 0.25) is 0 Å². The van der Waals surface area contributed by atoms with Crippen LogP contribution >= 0.6 is 0 Å². The molecule has 2 aromatic heterocycles. The van der Waals surface area contributed by atoms with E-state index in [1.54, 1.807) is 18.5 Å². The van der Waals surface area contributed by atoms with Gasteiger partial charge in [0, 0.05) is 17.3 Å². The summed E-state index contributed by atoms with van der Waals surface area (Å²) in [6.07, 6.45) is 2.87. The highest BCUT2D eigenvalue weighted by Gasteiger charge is 2.17. The molecule has 6 heteroatoms. The first-order valence-corrected chi connectivity index (χ1v) is 7.97. The molecule has 128 valence electrons. The lowest BCUT2D eigenvalue weighted by atomic mass is 10.0. The van der Waals surface area contributed by atoms with Gasteiger partial charge in [-0.3, -0.25) is 10.4 Å². The highest BCUT2D eigenvalue weighted by Crippen LogP contribution is 2.30. The molecule has 0 saturated heterocycles. The Hall–Kier alpha value is -3.15. The summed E-state index contributed by atoms with van der Waals surface area (Å²) in [5, 5.41) is 9.84. The van der Waals surface area contributed by atoms with Gasteiger partial charge in [0.25, 0.3) is 0 Å². The monoisotopic (exact) mass is 336 g/mol. The number of hydrogen-bond donors (Lipinski definition) is 2. The third-order valence-electron chi connectivity index (χ3n) is 3.40. The van der Waals surface area contributed by atoms with Gasteiger partial charge < -0.3 is 4.74 Å². The van der Waals surface area contributed by atoms with Crippen molar-refractivity contribution < 1.29 is 9.53 Å². The second-order valence-electron chi connectivity index (χ2n) is 6.58. The smallest absolute Gasteiger partial charge is 0.413 e. The molecule has 1 aromatic carbocycles. The SMILES string of the molecule is CC(C)(C)OC(=O)Nc1cc(-c2cn[nH]c2-c2ccccc2)ccn1. The van der Waals surface area contributed by atoms with Gasteiger partial charge in [0.05, 0.1) is 11.9 Å². The summed E-state index contributed by atoms with van der Waals surface area (Å²) >= 11 is 0. The summed E-state index contributed by atoms with van der Waals surface area (Å²) in [6, 6.07) is 13.6. The molecule has 3 rings (SSSR count). The Morgan fingerprint density at radius 3 is 2.60 bits per heavy atom. The van der Waals surface area contributed by atoms with Crippen LogP contribution in [0.2, 0.25) is 0 Å². The van der Waals surface area contributed by atoms with Crippen LogP contribution in [0.25, 0.3) is 22.4 Å². The fourth-order valence-corrected chi connectivity index (χ4v) is 2.40. The molecule has 25 heavy (non-hydrogen) atoms. The Balaban J connectivity index is 1.86. The molecule has 0 spiro atoms. The van der Waals surface area contributed by atoms with Crippen molar-refractivity contribution in [3.63, 3.8) is 0 Å². The lowest BCUT2D eigenvalue weighted by molar-refractivity contribution is 0.0635. The summed E-state index contributed by atoms with van der Waals surface area (Å²) in [6.45, 7) is 5.44. The first kappa shape index (κ1) is 16.7. The minimum absolute atomic E-state index is 0.423. The average Bonchev–Trinajstić information content (AvgIpc) is 3.03. The molecule has 0 saturated carbocycles. The molecular weight excluding hydrogens is 316 g/mol. The number of H-pyrrole nitrogens is 1. The van der Waals surface area contributed by atoms with Crippen LogP contribution in [0.5, 0.6) is 0 Å². The molecule has 0 aliphatic rings. The Labute approximate surface area is 146 Å². The largest absolute Gasteiger partial charge is 0.444 e. The maximum Gasteiger partial charge on any atom is 0.413 e. The first-order chi connectivity index (χ1) is 11.9. The van der Waals surface area contributed by atoms with Crippen molar-refractivity contribution in [1.82, 2.24) is 15.2 Å². The number of anilines is 1.